The molecule has 118 valence electrons. The number of hydrogen-bond acceptors (Lipinski definition) is 4. The van der Waals surface area contributed by atoms with Crippen LogP contribution in [0, 0.1) is 12.3 Å². The molecule has 2 fully saturated rings. The quantitative estimate of drug-likeness (QED) is 0.833. The van der Waals surface area contributed by atoms with E-state index < -0.39 is 27.8 Å². The van der Waals surface area contributed by atoms with Crippen LogP contribution in [-0.2, 0) is 14.8 Å². The number of ether oxygens (including phenoxy) is 1. The van der Waals surface area contributed by atoms with Gasteiger partial charge in [-0.1, -0.05) is 0 Å². The molecule has 2 aliphatic rings. The summed E-state index contributed by atoms with van der Waals surface area (Å²) in [5.41, 5.74) is -1.37. The summed E-state index contributed by atoms with van der Waals surface area (Å²) in [5, 5.41) is 1.56. The fourth-order valence-electron chi connectivity index (χ4n) is 2.99. The summed E-state index contributed by atoms with van der Waals surface area (Å²) >= 11 is 1.34. The highest BCUT2D eigenvalue weighted by atomic mass is 32.2. The van der Waals surface area contributed by atoms with Crippen LogP contribution in [0.1, 0.15) is 17.7 Å². The lowest BCUT2D eigenvalue weighted by atomic mass is 9.76. The van der Waals surface area contributed by atoms with E-state index in [9.17, 15) is 17.2 Å². The molecule has 0 bridgehead atoms. The molecule has 2 saturated heterocycles. The van der Waals surface area contributed by atoms with E-state index in [1.54, 1.807) is 11.4 Å². The molecular weight excluding hydrogens is 320 g/mol. The second-order valence-corrected chi connectivity index (χ2v) is 8.82. The Morgan fingerprint density at radius 1 is 1.38 bits per heavy atom. The predicted molar refractivity (Wildman–Crippen MR) is 75.2 cm³/mol. The summed E-state index contributed by atoms with van der Waals surface area (Å²) in [7, 11) is -3.70. The smallest absolute Gasteiger partial charge is 0.258 e. The zero-order valence-electron chi connectivity index (χ0n) is 11.6. The SMILES string of the molecule is Cc1cc(S(=O)(=O)N2CCC(F)(F)C3(CCOC3)C2)cs1. The molecule has 0 aliphatic carbocycles. The highest BCUT2D eigenvalue weighted by Crippen LogP contribution is 2.49. The maximum Gasteiger partial charge on any atom is 0.258 e. The number of rotatable bonds is 2. The first-order chi connectivity index (χ1) is 9.77. The Morgan fingerprint density at radius 3 is 2.71 bits per heavy atom. The van der Waals surface area contributed by atoms with Crippen molar-refractivity contribution < 1.29 is 21.9 Å². The third-order valence-electron chi connectivity index (χ3n) is 4.38. The van der Waals surface area contributed by atoms with E-state index in [1.807, 2.05) is 6.92 Å². The van der Waals surface area contributed by atoms with Gasteiger partial charge >= 0.3 is 0 Å². The number of hydrogen-bond donors (Lipinski definition) is 0. The van der Waals surface area contributed by atoms with Gasteiger partial charge in [0.15, 0.2) is 0 Å². The molecule has 4 nitrogen and oxygen atoms in total. The zero-order valence-corrected chi connectivity index (χ0v) is 13.3. The summed E-state index contributed by atoms with van der Waals surface area (Å²) in [6.07, 6.45) is -0.243. The third-order valence-corrected chi connectivity index (χ3v) is 7.21. The van der Waals surface area contributed by atoms with Crippen molar-refractivity contribution in [3.05, 3.63) is 16.3 Å². The predicted octanol–water partition coefficient (Wildman–Crippen LogP) is 2.49. The highest BCUT2D eigenvalue weighted by molar-refractivity contribution is 7.89. The minimum absolute atomic E-state index is 0.0747. The van der Waals surface area contributed by atoms with Gasteiger partial charge in [-0.15, -0.1) is 11.3 Å². The number of aryl methyl sites for hydroxylation is 1. The number of sulfonamides is 1. The maximum absolute atomic E-state index is 14.2. The Balaban J connectivity index is 1.91. The molecule has 1 atom stereocenters. The van der Waals surface area contributed by atoms with Crippen LogP contribution in [0.4, 0.5) is 8.78 Å². The lowest BCUT2D eigenvalue weighted by Gasteiger charge is -2.44. The van der Waals surface area contributed by atoms with Gasteiger partial charge in [0.1, 0.15) is 0 Å². The summed E-state index contributed by atoms with van der Waals surface area (Å²) in [4.78, 5) is 1.08. The second kappa shape index (κ2) is 4.97. The van der Waals surface area contributed by atoms with Crippen LogP contribution in [0.2, 0.25) is 0 Å². The fraction of sp³-hybridized carbons (Fsp3) is 0.692. The number of halogens is 2. The van der Waals surface area contributed by atoms with E-state index in [0.717, 1.165) is 4.88 Å². The van der Waals surface area contributed by atoms with Crippen molar-refractivity contribution in [2.75, 3.05) is 26.3 Å². The van der Waals surface area contributed by atoms with E-state index in [-0.39, 0.29) is 37.6 Å². The summed E-state index contributed by atoms with van der Waals surface area (Å²) in [6.45, 7) is 1.69. The van der Waals surface area contributed by atoms with Gasteiger partial charge in [-0.25, -0.2) is 17.2 Å². The lowest BCUT2D eigenvalue weighted by Crippen LogP contribution is -2.57. The second-order valence-electron chi connectivity index (χ2n) is 5.77. The van der Waals surface area contributed by atoms with Gasteiger partial charge in [0.25, 0.3) is 5.92 Å². The number of thiophene rings is 1. The summed E-state index contributed by atoms with van der Waals surface area (Å²) in [6, 6.07) is 1.59. The van der Waals surface area contributed by atoms with Crippen LogP contribution in [-0.4, -0.2) is 44.9 Å². The minimum atomic E-state index is -3.70. The van der Waals surface area contributed by atoms with Crippen LogP contribution in [0.5, 0.6) is 0 Å². The molecule has 21 heavy (non-hydrogen) atoms. The van der Waals surface area contributed by atoms with Crippen LogP contribution < -0.4 is 0 Å². The van der Waals surface area contributed by atoms with E-state index in [0.29, 0.717) is 0 Å². The Hall–Kier alpha value is -0.570. The van der Waals surface area contributed by atoms with Crippen LogP contribution in [0.25, 0.3) is 0 Å². The maximum atomic E-state index is 14.2. The molecule has 3 heterocycles. The molecule has 3 rings (SSSR count). The third kappa shape index (κ3) is 2.42. The van der Waals surface area contributed by atoms with Gasteiger partial charge in [0.2, 0.25) is 10.0 Å². The monoisotopic (exact) mass is 337 g/mol. The first-order valence-corrected chi connectivity index (χ1v) is 9.10. The Morgan fingerprint density at radius 2 is 2.14 bits per heavy atom. The molecule has 1 unspecified atom stereocenters. The number of nitrogens with zero attached hydrogens (tertiary/aromatic N) is 1. The molecule has 2 aliphatic heterocycles. The number of piperidine rings is 1. The van der Waals surface area contributed by atoms with Crippen LogP contribution >= 0.6 is 11.3 Å². The van der Waals surface area contributed by atoms with Crippen molar-refractivity contribution in [3.8, 4) is 0 Å². The Labute approximate surface area is 126 Å². The van der Waals surface area contributed by atoms with E-state index >= 15 is 0 Å². The van der Waals surface area contributed by atoms with Crippen molar-refractivity contribution >= 4 is 21.4 Å². The Kier molecular flexibility index (Phi) is 3.63. The van der Waals surface area contributed by atoms with Crippen molar-refractivity contribution in [2.24, 2.45) is 5.41 Å². The minimum Gasteiger partial charge on any atom is -0.381 e. The standard InChI is InChI=1S/C13H17F2NO3S2/c1-10-6-11(7-20-10)21(17,18)16-4-2-13(14,15)12(8-16)3-5-19-9-12/h6-7H,2-5,8-9H2,1H3. The fourth-order valence-corrected chi connectivity index (χ4v) is 5.63. The van der Waals surface area contributed by atoms with Crippen molar-refractivity contribution in [1.82, 2.24) is 4.31 Å². The lowest BCUT2D eigenvalue weighted by molar-refractivity contribution is -0.154. The van der Waals surface area contributed by atoms with E-state index in [4.69, 9.17) is 4.74 Å². The van der Waals surface area contributed by atoms with Gasteiger partial charge < -0.3 is 4.74 Å². The molecule has 0 aromatic carbocycles. The molecule has 0 radical (unpaired) electrons. The number of alkyl halides is 2. The molecule has 1 spiro atoms. The topological polar surface area (TPSA) is 46.6 Å². The van der Waals surface area contributed by atoms with Crippen LogP contribution in [0.15, 0.2) is 16.3 Å². The largest absolute Gasteiger partial charge is 0.381 e. The average molecular weight is 337 g/mol. The van der Waals surface area contributed by atoms with Crippen molar-refractivity contribution in [3.63, 3.8) is 0 Å². The molecule has 8 heteroatoms. The average Bonchev–Trinajstić information content (AvgIpc) is 3.03. The van der Waals surface area contributed by atoms with Gasteiger partial charge in [0.05, 0.1) is 16.9 Å². The van der Waals surface area contributed by atoms with Gasteiger partial charge in [-0.2, -0.15) is 4.31 Å². The molecule has 1 aromatic heterocycles. The molecule has 0 amide bonds. The van der Waals surface area contributed by atoms with Crippen molar-refractivity contribution in [2.45, 2.75) is 30.6 Å². The summed E-state index contributed by atoms with van der Waals surface area (Å²) in [5.74, 6) is -2.87. The first kappa shape index (κ1) is 15.3. The summed E-state index contributed by atoms with van der Waals surface area (Å²) < 4.78 is 60.0. The van der Waals surface area contributed by atoms with Gasteiger partial charge in [-0.05, 0) is 19.4 Å². The molecular formula is C13H17F2NO3S2. The van der Waals surface area contributed by atoms with Crippen LogP contribution in [0.3, 0.4) is 0 Å². The highest BCUT2D eigenvalue weighted by Gasteiger charge is 2.59. The normalized spacial score (nSPS) is 30.0. The molecule has 1 aromatic rings. The van der Waals surface area contributed by atoms with Gasteiger partial charge in [0, 0.05) is 36.4 Å². The van der Waals surface area contributed by atoms with E-state index in [1.165, 1.54) is 15.6 Å². The Bertz CT molecular complexity index is 636. The molecule has 0 saturated carbocycles. The first-order valence-electron chi connectivity index (χ1n) is 6.78. The van der Waals surface area contributed by atoms with E-state index in [2.05, 4.69) is 0 Å². The van der Waals surface area contributed by atoms with Gasteiger partial charge in [-0.3, -0.25) is 0 Å². The molecule has 0 N–H and O–H groups in total. The zero-order chi connectivity index (χ0) is 15.3. The van der Waals surface area contributed by atoms with Crippen molar-refractivity contribution in [1.29, 1.82) is 0 Å².